The van der Waals surface area contributed by atoms with Crippen LogP contribution in [0.25, 0.3) is 11.1 Å². The Bertz CT molecular complexity index is 1340. The third kappa shape index (κ3) is 5.71. The molecule has 2 aromatic carbocycles. The molecule has 0 radical (unpaired) electrons. The number of nitrogens with zero attached hydrogens (tertiary/aromatic N) is 4. The van der Waals surface area contributed by atoms with Crippen molar-refractivity contribution in [1.29, 1.82) is 0 Å². The number of benzene rings is 2. The Morgan fingerprint density at radius 1 is 0.900 bits per heavy atom. The molecule has 2 saturated heterocycles. The Labute approximate surface area is 237 Å². The molecule has 7 heteroatoms. The van der Waals surface area contributed by atoms with Gasteiger partial charge in [-0.25, -0.2) is 0 Å². The van der Waals surface area contributed by atoms with E-state index in [0.717, 1.165) is 55.8 Å². The minimum atomic E-state index is 0.0399. The molecular formula is C33H41N5O2. The topological polar surface area (TPSA) is 70.5 Å². The van der Waals surface area contributed by atoms with Crippen LogP contribution in [0.4, 0.5) is 5.69 Å². The minimum absolute atomic E-state index is 0.0399. The van der Waals surface area contributed by atoms with Gasteiger partial charge in [0.1, 0.15) is 0 Å². The lowest BCUT2D eigenvalue weighted by atomic mass is 9.88. The van der Waals surface area contributed by atoms with E-state index in [1.165, 1.54) is 43.2 Å². The van der Waals surface area contributed by atoms with Crippen molar-refractivity contribution >= 4 is 17.5 Å². The van der Waals surface area contributed by atoms with Crippen LogP contribution in [-0.4, -0.2) is 63.6 Å². The second kappa shape index (κ2) is 11.6. The summed E-state index contributed by atoms with van der Waals surface area (Å²) in [4.78, 5) is 30.9. The van der Waals surface area contributed by atoms with E-state index in [1.54, 1.807) is 0 Å². The van der Waals surface area contributed by atoms with Gasteiger partial charge in [0.15, 0.2) is 0 Å². The standard InChI is InChI=1S/C33H41N5O2/c1-23-8-9-27(18-31(23)35-32(39)29-21-38(22-29)30-6-4-3-5-7-30)33(40)37-16-14-26(15-17-37)24-10-12-25(13-11-24)28-19-34-36(2)20-28/h8-13,18-20,26,29-30H,3-7,14-17,21-22H2,1-2H3,(H,35,39). The molecule has 3 fully saturated rings. The fourth-order valence-corrected chi connectivity index (χ4v) is 6.66. The summed E-state index contributed by atoms with van der Waals surface area (Å²) in [5.41, 5.74) is 6.02. The molecule has 2 amide bonds. The van der Waals surface area contributed by atoms with Gasteiger partial charge < -0.3 is 10.2 Å². The average Bonchev–Trinajstić information content (AvgIpc) is 3.40. The van der Waals surface area contributed by atoms with Crippen LogP contribution in [0.15, 0.2) is 54.9 Å². The van der Waals surface area contributed by atoms with Crippen LogP contribution in [0.2, 0.25) is 0 Å². The zero-order chi connectivity index (χ0) is 27.6. The van der Waals surface area contributed by atoms with Gasteiger partial charge in [-0.15, -0.1) is 0 Å². The number of hydrogen-bond acceptors (Lipinski definition) is 4. The van der Waals surface area contributed by atoms with Crippen molar-refractivity contribution < 1.29 is 9.59 Å². The summed E-state index contributed by atoms with van der Waals surface area (Å²) in [6, 6.07) is 15.2. The van der Waals surface area contributed by atoms with E-state index in [9.17, 15) is 9.59 Å². The van der Waals surface area contributed by atoms with E-state index in [1.807, 2.05) is 54.1 Å². The molecule has 0 atom stereocenters. The number of likely N-dealkylation sites (tertiary alicyclic amines) is 2. The predicted octanol–water partition coefficient (Wildman–Crippen LogP) is 5.62. The summed E-state index contributed by atoms with van der Waals surface area (Å²) in [7, 11) is 1.93. The van der Waals surface area contributed by atoms with Crippen LogP contribution in [0, 0.1) is 12.8 Å². The first-order valence-electron chi connectivity index (χ1n) is 15.0. The lowest BCUT2D eigenvalue weighted by Gasteiger charge is -2.45. The third-order valence-corrected chi connectivity index (χ3v) is 9.32. The lowest BCUT2D eigenvalue weighted by molar-refractivity contribution is -0.126. The first-order chi connectivity index (χ1) is 19.4. The molecule has 40 heavy (non-hydrogen) atoms. The molecule has 1 N–H and O–H groups in total. The Balaban J connectivity index is 1.02. The molecule has 1 aromatic heterocycles. The van der Waals surface area contributed by atoms with Crippen LogP contribution in [-0.2, 0) is 11.8 Å². The molecule has 3 aliphatic rings. The smallest absolute Gasteiger partial charge is 0.253 e. The first kappa shape index (κ1) is 26.8. The molecule has 3 aromatic rings. The van der Waals surface area contributed by atoms with E-state index in [4.69, 9.17) is 0 Å². The predicted molar refractivity (Wildman–Crippen MR) is 158 cm³/mol. The monoisotopic (exact) mass is 539 g/mol. The number of anilines is 1. The second-order valence-electron chi connectivity index (χ2n) is 12.1. The molecule has 2 aliphatic heterocycles. The number of amides is 2. The van der Waals surface area contributed by atoms with Crippen LogP contribution >= 0.6 is 0 Å². The van der Waals surface area contributed by atoms with Crippen LogP contribution in [0.3, 0.4) is 0 Å². The van der Waals surface area contributed by atoms with Gasteiger partial charge in [0, 0.05) is 62.3 Å². The normalized spacial score (nSPS) is 19.4. The number of piperidine rings is 1. The van der Waals surface area contributed by atoms with E-state index in [0.29, 0.717) is 17.5 Å². The van der Waals surface area contributed by atoms with Gasteiger partial charge in [-0.1, -0.05) is 49.6 Å². The number of hydrogen-bond donors (Lipinski definition) is 1. The molecule has 0 bridgehead atoms. The molecule has 0 spiro atoms. The SMILES string of the molecule is Cc1ccc(C(=O)N2CCC(c3ccc(-c4cnn(C)c4)cc3)CC2)cc1NC(=O)C1CN(C2CCCCC2)C1. The van der Waals surface area contributed by atoms with Gasteiger partial charge in [0.2, 0.25) is 5.91 Å². The molecule has 1 aliphatic carbocycles. The third-order valence-electron chi connectivity index (χ3n) is 9.32. The number of aromatic nitrogens is 2. The first-order valence-corrected chi connectivity index (χ1v) is 15.0. The quantitative estimate of drug-likeness (QED) is 0.442. The van der Waals surface area contributed by atoms with E-state index in [-0.39, 0.29) is 17.7 Å². The van der Waals surface area contributed by atoms with Crippen LogP contribution < -0.4 is 5.32 Å². The Morgan fingerprint density at radius 2 is 1.62 bits per heavy atom. The molecule has 1 saturated carbocycles. The van der Waals surface area contributed by atoms with Gasteiger partial charge in [-0.05, 0) is 67.3 Å². The van der Waals surface area contributed by atoms with Crippen molar-refractivity contribution in [3.8, 4) is 11.1 Å². The van der Waals surface area contributed by atoms with Crippen molar-refractivity contribution in [3.05, 3.63) is 71.5 Å². The molecule has 0 unspecified atom stereocenters. The highest BCUT2D eigenvalue weighted by molar-refractivity contribution is 5.98. The molecule has 6 rings (SSSR count). The largest absolute Gasteiger partial charge is 0.339 e. The Kier molecular flexibility index (Phi) is 7.74. The van der Waals surface area contributed by atoms with Crippen molar-refractivity contribution in [2.75, 3.05) is 31.5 Å². The van der Waals surface area contributed by atoms with Crippen molar-refractivity contribution in [2.45, 2.75) is 63.8 Å². The fraction of sp³-hybridized carbons (Fsp3) is 0.485. The molecule has 7 nitrogen and oxygen atoms in total. The van der Waals surface area contributed by atoms with Gasteiger partial charge in [-0.2, -0.15) is 5.10 Å². The van der Waals surface area contributed by atoms with Crippen molar-refractivity contribution in [1.82, 2.24) is 19.6 Å². The zero-order valence-corrected chi connectivity index (χ0v) is 23.8. The lowest BCUT2D eigenvalue weighted by Crippen LogP contribution is -2.56. The number of aryl methyl sites for hydroxylation is 2. The average molecular weight is 540 g/mol. The van der Waals surface area contributed by atoms with E-state index < -0.39 is 0 Å². The van der Waals surface area contributed by atoms with Gasteiger partial charge >= 0.3 is 0 Å². The number of carbonyl (C=O) groups is 2. The number of nitrogens with one attached hydrogen (secondary N) is 1. The summed E-state index contributed by atoms with van der Waals surface area (Å²) < 4.78 is 1.82. The molecule has 3 heterocycles. The van der Waals surface area contributed by atoms with Crippen LogP contribution in [0.1, 0.15) is 72.3 Å². The van der Waals surface area contributed by atoms with Gasteiger partial charge in [0.25, 0.3) is 5.91 Å². The number of carbonyl (C=O) groups excluding carboxylic acids is 2. The summed E-state index contributed by atoms with van der Waals surface area (Å²) >= 11 is 0. The second-order valence-corrected chi connectivity index (χ2v) is 12.1. The zero-order valence-electron chi connectivity index (χ0n) is 23.8. The minimum Gasteiger partial charge on any atom is -0.339 e. The van der Waals surface area contributed by atoms with Gasteiger partial charge in [0.05, 0.1) is 12.1 Å². The van der Waals surface area contributed by atoms with E-state index >= 15 is 0 Å². The summed E-state index contributed by atoms with van der Waals surface area (Å²) in [6.45, 7) is 5.18. The highest BCUT2D eigenvalue weighted by atomic mass is 16.2. The molecular weight excluding hydrogens is 498 g/mol. The summed E-state index contributed by atoms with van der Waals surface area (Å²) in [6.07, 6.45) is 12.3. The van der Waals surface area contributed by atoms with Crippen molar-refractivity contribution in [2.24, 2.45) is 13.0 Å². The highest BCUT2D eigenvalue weighted by Crippen LogP contribution is 2.32. The summed E-state index contributed by atoms with van der Waals surface area (Å²) in [5.74, 6) is 0.622. The maximum atomic E-state index is 13.4. The maximum Gasteiger partial charge on any atom is 0.253 e. The fourth-order valence-electron chi connectivity index (χ4n) is 6.66. The number of rotatable bonds is 6. The Morgan fingerprint density at radius 3 is 2.30 bits per heavy atom. The summed E-state index contributed by atoms with van der Waals surface area (Å²) in [5, 5.41) is 7.41. The van der Waals surface area contributed by atoms with Gasteiger partial charge in [-0.3, -0.25) is 19.2 Å². The Hall–Kier alpha value is -3.45. The van der Waals surface area contributed by atoms with Crippen LogP contribution in [0.5, 0.6) is 0 Å². The van der Waals surface area contributed by atoms with Crippen molar-refractivity contribution in [3.63, 3.8) is 0 Å². The maximum absolute atomic E-state index is 13.4. The van der Waals surface area contributed by atoms with E-state index in [2.05, 4.69) is 39.6 Å². The highest BCUT2D eigenvalue weighted by Gasteiger charge is 2.37. The molecule has 210 valence electrons.